The van der Waals surface area contributed by atoms with E-state index in [0.29, 0.717) is 13.1 Å². The minimum absolute atomic E-state index is 0.244. The second-order valence-corrected chi connectivity index (χ2v) is 5.71. The highest BCUT2D eigenvalue weighted by molar-refractivity contribution is 9.10. The van der Waals surface area contributed by atoms with Crippen LogP contribution in [-0.2, 0) is 6.54 Å². The van der Waals surface area contributed by atoms with Gasteiger partial charge in [0.1, 0.15) is 5.82 Å². The maximum absolute atomic E-state index is 13.0. The van der Waals surface area contributed by atoms with Gasteiger partial charge in [0.05, 0.1) is 5.60 Å². The van der Waals surface area contributed by atoms with E-state index in [9.17, 15) is 9.50 Å². The molecule has 1 rings (SSSR count). The monoisotopic (exact) mass is 303 g/mol. The minimum atomic E-state index is -0.720. The maximum Gasteiger partial charge on any atom is 0.124 e. The van der Waals surface area contributed by atoms with Crippen LogP contribution < -0.4 is 0 Å². The van der Waals surface area contributed by atoms with E-state index in [2.05, 4.69) is 20.8 Å². The molecule has 4 heteroatoms. The highest BCUT2D eigenvalue weighted by atomic mass is 79.9. The van der Waals surface area contributed by atoms with Crippen molar-refractivity contribution in [3.63, 3.8) is 0 Å². The predicted molar refractivity (Wildman–Crippen MR) is 71.3 cm³/mol. The molecule has 0 radical (unpaired) electrons. The SMILES string of the molecule is CCN(Cc1ccc(F)cc1Br)CC(C)(C)O. The van der Waals surface area contributed by atoms with Gasteiger partial charge < -0.3 is 5.11 Å². The Morgan fingerprint density at radius 3 is 2.53 bits per heavy atom. The van der Waals surface area contributed by atoms with Crippen LogP contribution >= 0.6 is 15.9 Å². The quantitative estimate of drug-likeness (QED) is 0.903. The number of nitrogens with zero attached hydrogens (tertiary/aromatic N) is 1. The molecule has 0 aromatic heterocycles. The van der Waals surface area contributed by atoms with E-state index >= 15 is 0 Å². The number of hydrogen-bond acceptors (Lipinski definition) is 2. The number of likely N-dealkylation sites (N-methyl/N-ethyl adjacent to an activating group) is 1. The van der Waals surface area contributed by atoms with Gasteiger partial charge in [-0.3, -0.25) is 4.90 Å². The van der Waals surface area contributed by atoms with Crippen LogP contribution in [0, 0.1) is 5.82 Å². The number of halogens is 2. The van der Waals surface area contributed by atoms with Crippen molar-refractivity contribution in [1.29, 1.82) is 0 Å². The third-order valence-electron chi connectivity index (χ3n) is 2.47. The zero-order valence-electron chi connectivity index (χ0n) is 10.5. The van der Waals surface area contributed by atoms with Crippen LogP contribution in [0.25, 0.3) is 0 Å². The van der Waals surface area contributed by atoms with Gasteiger partial charge >= 0.3 is 0 Å². The van der Waals surface area contributed by atoms with Crippen molar-refractivity contribution in [1.82, 2.24) is 4.90 Å². The van der Waals surface area contributed by atoms with Gasteiger partial charge in [0.2, 0.25) is 0 Å². The molecule has 0 fully saturated rings. The molecule has 0 unspecified atom stereocenters. The molecular weight excluding hydrogens is 285 g/mol. The van der Waals surface area contributed by atoms with Gasteiger partial charge in [-0.1, -0.05) is 28.9 Å². The molecule has 1 N–H and O–H groups in total. The summed E-state index contributed by atoms with van der Waals surface area (Å²) in [6, 6.07) is 4.69. The van der Waals surface area contributed by atoms with Gasteiger partial charge in [-0.15, -0.1) is 0 Å². The van der Waals surface area contributed by atoms with Gasteiger partial charge in [0.15, 0.2) is 0 Å². The van der Waals surface area contributed by atoms with Crippen LogP contribution in [0.3, 0.4) is 0 Å². The Balaban J connectivity index is 2.74. The van der Waals surface area contributed by atoms with E-state index in [1.807, 2.05) is 6.92 Å². The largest absolute Gasteiger partial charge is 0.389 e. The average Bonchev–Trinajstić information content (AvgIpc) is 2.19. The zero-order chi connectivity index (χ0) is 13.1. The fraction of sp³-hybridized carbons (Fsp3) is 0.538. The van der Waals surface area contributed by atoms with Crippen molar-refractivity contribution in [2.75, 3.05) is 13.1 Å². The number of hydrogen-bond donors (Lipinski definition) is 1. The minimum Gasteiger partial charge on any atom is -0.389 e. The van der Waals surface area contributed by atoms with Crippen LogP contribution in [0.4, 0.5) is 4.39 Å². The Hall–Kier alpha value is -0.450. The number of rotatable bonds is 5. The fourth-order valence-electron chi connectivity index (χ4n) is 1.72. The lowest BCUT2D eigenvalue weighted by molar-refractivity contribution is 0.0353. The smallest absolute Gasteiger partial charge is 0.124 e. The van der Waals surface area contributed by atoms with E-state index in [-0.39, 0.29) is 5.82 Å². The number of benzene rings is 1. The lowest BCUT2D eigenvalue weighted by Crippen LogP contribution is -2.38. The Kier molecular flexibility index (Phi) is 5.10. The molecule has 0 saturated heterocycles. The highest BCUT2D eigenvalue weighted by Crippen LogP contribution is 2.20. The normalized spacial score (nSPS) is 12.2. The van der Waals surface area contributed by atoms with E-state index in [4.69, 9.17) is 0 Å². The standard InChI is InChI=1S/C13H19BrFNO/c1-4-16(9-13(2,3)17)8-10-5-6-11(15)7-12(10)14/h5-7,17H,4,8-9H2,1-3H3. The summed E-state index contributed by atoms with van der Waals surface area (Å²) in [7, 11) is 0. The van der Waals surface area contributed by atoms with Crippen LogP contribution in [0.15, 0.2) is 22.7 Å². The third kappa shape index (κ3) is 5.15. The Morgan fingerprint density at radius 1 is 1.41 bits per heavy atom. The van der Waals surface area contributed by atoms with Gasteiger partial charge in [0.25, 0.3) is 0 Å². The average molecular weight is 304 g/mol. The summed E-state index contributed by atoms with van der Waals surface area (Å²) in [5.41, 5.74) is 0.306. The summed E-state index contributed by atoms with van der Waals surface area (Å²) in [5.74, 6) is -0.244. The van der Waals surface area contributed by atoms with Crippen molar-refractivity contribution in [2.24, 2.45) is 0 Å². The topological polar surface area (TPSA) is 23.5 Å². The molecule has 0 aliphatic heterocycles. The molecule has 0 saturated carbocycles. The first-order chi connectivity index (χ1) is 7.81. The van der Waals surface area contributed by atoms with Crippen LogP contribution in [0.1, 0.15) is 26.3 Å². The van der Waals surface area contributed by atoms with Crippen molar-refractivity contribution in [2.45, 2.75) is 32.9 Å². The second kappa shape index (κ2) is 5.94. The number of aliphatic hydroxyl groups is 1. The van der Waals surface area contributed by atoms with Crippen molar-refractivity contribution < 1.29 is 9.50 Å². The molecule has 0 amide bonds. The van der Waals surface area contributed by atoms with Crippen LogP contribution in [0.2, 0.25) is 0 Å². The molecule has 0 spiro atoms. The first kappa shape index (κ1) is 14.6. The maximum atomic E-state index is 13.0. The third-order valence-corrected chi connectivity index (χ3v) is 3.21. The summed E-state index contributed by atoms with van der Waals surface area (Å²) in [6.45, 7) is 7.75. The summed E-state index contributed by atoms with van der Waals surface area (Å²) in [5, 5.41) is 9.80. The molecule has 17 heavy (non-hydrogen) atoms. The van der Waals surface area contributed by atoms with Crippen molar-refractivity contribution >= 4 is 15.9 Å². The molecule has 0 aliphatic carbocycles. The zero-order valence-corrected chi connectivity index (χ0v) is 12.1. The lowest BCUT2D eigenvalue weighted by Gasteiger charge is -2.28. The Morgan fingerprint density at radius 2 is 2.06 bits per heavy atom. The van der Waals surface area contributed by atoms with Crippen molar-refractivity contribution in [3.05, 3.63) is 34.1 Å². The van der Waals surface area contributed by atoms with E-state index in [1.54, 1.807) is 19.9 Å². The van der Waals surface area contributed by atoms with Gasteiger partial charge in [-0.25, -0.2) is 4.39 Å². The van der Waals surface area contributed by atoms with E-state index in [0.717, 1.165) is 16.6 Å². The Labute approximate surface area is 111 Å². The fourth-order valence-corrected chi connectivity index (χ4v) is 2.19. The van der Waals surface area contributed by atoms with Crippen molar-refractivity contribution in [3.8, 4) is 0 Å². The molecular formula is C13H19BrFNO. The highest BCUT2D eigenvalue weighted by Gasteiger charge is 2.17. The molecule has 1 aromatic carbocycles. The van der Waals surface area contributed by atoms with E-state index < -0.39 is 5.60 Å². The summed E-state index contributed by atoms with van der Waals surface area (Å²) < 4.78 is 13.7. The molecule has 0 aliphatic rings. The van der Waals surface area contributed by atoms with Gasteiger partial charge in [-0.2, -0.15) is 0 Å². The van der Waals surface area contributed by atoms with Crippen LogP contribution in [-0.4, -0.2) is 28.7 Å². The molecule has 2 nitrogen and oxygen atoms in total. The molecule has 0 atom stereocenters. The second-order valence-electron chi connectivity index (χ2n) is 4.85. The molecule has 1 aromatic rings. The van der Waals surface area contributed by atoms with Crippen LogP contribution in [0.5, 0.6) is 0 Å². The predicted octanol–water partition coefficient (Wildman–Crippen LogP) is 3.18. The summed E-state index contributed by atoms with van der Waals surface area (Å²) >= 11 is 3.36. The Bertz CT molecular complexity index is 376. The summed E-state index contributed by atoms with van der Waals surface area (Å²) in [6.07, 6.45) is 0. The first-order valence-electron chi connectivity index (χ1n) is 5.70. The van der Waals surface area contributed by atoms with Gasteiger partial charge in [0, 0.05) is 17.6 Å². The lowest BCUT2D eigenvalue weighted by atomic mass is 10.1. The first-order valence-corrected chi connectivity index (χ1v) is 6.50. The molecule has 96 valence electrons. The molecule has 0 heterocycles. The van der Waals surface area contributed by atoms with E-state index in [1.165, 1.54) is 12.1 Å². The summed E-state index contributed by atoms with van der Waals surface area (Å²) in [4.78, 5) is 2.12. The van der Waals surface area contributed by atoms with Gasteiger partial charge in [-0.05, 0) is 38.1 Å². The molecule has 0 bridgehead atoms.